The maximum atomic E-state index is 11.8. The van der Waals surface area contributed by atoms with Gasteiger partial charge in [0, 0.05) is 19.0 Å². The molecule has 0 unspecified atom stereocenters. The van der Waals surface area contributed by atoms with Crippen molar-refractivity contribution < 1.29 is 14.3 Å². The van der Waals surface area contributed by atoms with Crippen molar-refractivity contribution in [2.24, 2.45) is 5.92 Å². The van der Waals surface area contributed by atoms with Crippen molar-refractivity contribution in [3.8, 4) is 0 Å². The second kappa shape index (κ2) is 6.07. The number of hydrogen-bond donors (Lipinski definition) is 1. The van der Waals surface area contributed by atoms with Crippen molar-refractivity contribution in [1.29, 1.82) is 5.41 Å². The fraction of sp³-hybridized carbons (Fsp3) is 0.846. The molecular weight excluding hydrogens is 232 g/mol. The van der Waals surface area contributed by atoms with Gasteiger partial charge in [-0.25, -0.2) is 4.79 Å². The minimum Gasteiger partial charge on any atom is -0.481 e. The van der Waals surface area contributed by atoms with Gasteiger partial charge in [-0.2, -0.15) is 0 Å². The molecule has 0 radical (unpaired) electrons. The molecule has 1 aliphatic rings. The Morgan fingerprint density at radius 3 is 2.33 bits per heavy atom. The maximum absolute atomic E-state index is 11.8. The number of likely N-dealkylation sites (tertiary alicyclic amines) is 1. The van der Waals surface area contributed by atoms with Gasteiger partial charge in [0.15, 0.2) is 5.90 Å². The highest BCUT2D eigenvalue weighted by atomic mass is 16.6. The van der Waals surface area contributed by atoms with Gasteiger partial charge in [0.1, 0.15) is 5.60 Å². The fourth-order valence-electron chi connectivity index (χ4n) is 1.92. The third kappa shape index (κ3) is 4.55. The zero-order chi connectivity index (χ0) is 13.8. The number of carbonyl (C=O) groups excluding carboxylic acids is 1. The van der Waals surface area contributed by atoms with Gasteiger partial charge in [-0.15, -0.1) is 0 Å². The topological polar surface area (TPSA) is 62.6 Å². The molecule has 1 fully saturated rings. The highest BCUT2D eigenvalue weighted by Gasteiger charge is 2.28. The molecule has 0 aliphatic carbocycles. The normalized spacial score (nSPS) is 17.4. The zero-order valence-corrected chi connectivity index (χ0v) is 11.8. The fourth-order valence-corrected chi connectivity index (χ4v) is 1.92. The number of hydrogen-bond acceptors (Lipinski definition) is 4. The molecule has 0 aromatic heterocycles. The Labute approximate surface area is 109 Å². The minimum atomic E-state index is -0.452. The molecule has 1 N–H and O–H groups in total. The Hall–Kier alpha value is -1.26. The van der Waals surface area contributed by atoms with Crippen molar-refractivity contribution in [3.05, 3.63) is 0 Å². The summed E-state index contributed by atoms with van der Waals surface area (Å²) in [5.74, 6) is 0.491. The van der Waals surface area contributed by atoms with Crippen LogP contribution in [-0.4, -0.2) is 42.2 Å². The first-order valence-electron chi connectivity index (χ1n) is 6.52. The van der Waals surface area contributed by atoms with Crippen LogP contribution in [0, 0.1) is 11.3 Å². The van der Waals surface area contributed by atoms with Crippen LogP contribution >= 0.6 is 0 Å². The van der Waals surface area contributed by atoms with Crippen molar-refractivity contribution in [2.75, 3.05) is 19.7 Å². The molecule has 0 aromatic rings. The lowest BCUT2D eigenvalue weighted by Crippen LogP contribution is -2.43. The summed E-state index contributed by atoms with van der Waals surface area (Å²) < 4.78 is 10.5. The van der Waals surface area contributed by atoms with Crippen LogP contribution in [0.4, 0.5) is 4.79 Å². The van der Waals surface area contributed by atoms with Gasteiger partial charge in [-0.05, 0) is 40.5 Å². The first kappa shape index (κ1) is 14.8. The van der Waals surface area contributed by atoms with Gasteiger partial charge in [0.2, 0.25) is 0 Å². The van der Waals surface area contributed by atoms with E-state index in [1.54, 1.807) is 4.90 Å². The van der Waals surface area contributed by atoms with E-state index >= 15 is 0 Å². The summed E-state index contributed by atoms with van der Waals surface area (Å²) in [6, 6.07) is 0. The van der Waals surface area contributed by atoms with Gasteiger partial charge in [-0.1, -0.05) is 0 Å². The predicted molar refractivity (Wildman–Crippen MR) is 69.9 cm³/mol. The largest absolute Gasteiger partial charge is 0.481 e. The summed E-state index contributed by atoms with van der Waals surface area (Å²) in [7, 11) is 0. The maximum Gasteiger partial charge on any atom is 0.410 e. The summed E-state index contributed by atoms with van der Waals surface area (Å²) in [6.45, 7) is 9.27. The molecule has 0 atom stereocenters. The number of nitrogens with zero attached hydrogens (tertiary/aromatic N) is 1. The number of nitrogens with one attached hydrogen (secondary N) is 1. The van der Waals surface area contributed by atoms with Crippen molar-refractivity contribution in [1.82, 2.24) is 4.90 Å². The lowest BCUT2D eigenvalue weighted by molar-refractivity contribution is 0.0195. The quantitative estimate of drug-likeness (QED) is 0.610. The van der Waals surface area contributed by atoms with Gasteiger partial charge in [-0.3, -0.25) is 5.41 Å². The van der Waals surface area contributed by atoms with E-state index in [1.165, 1.54) is 0 Å². The number of ether oxygens (including phenoxy) is 2. The Morgan fingerprint density at radius 2 is 1.89 bits per heavy atom. The molecule has 0 spiro atoms. The Morgan fingerprint density at radius 1 is 1.33 bits per heavy atom. The van der Waals surface area contributed by atoms with E-state index in [2.05, 4.69) is 0 Å². The second-order valence-electron chi connectivity index (χ2n) is 5.54. The van der Waals surface area contributed by atoms with Crippen LogP contribution in [0.25, 0.3) is 0 Å². The highest BCUT2D eigenvalue weighted by molar-refractivity contribution is 5.76. The molecule has 1 heterocycles. The molecule has 5 heteroatoms. The minimum absolute atomic E-state index is 0.142. The molecular formula is C13H24N2O3. The van der Waals surface area contributed by atoms with Crippen LogP contribution in [0.2, 0.25) is 0 Å². The molecule has 104 valence electrons. The molecule has 1 rings (SSSR count). The Balaban J connectivity index is 2.39. The van der Waals surface area contributed by atoms with Crippen LogP contribution in [0.3, 0.4) is 0 Å². The van der Waals surface area contributed by atoms with Gasteiger partial charge >= 0.3 is 6.09 Å². The molecule has 5 nitrogen and oxygen atoms in total. The number of amides is 1. The van der Waals surface area contributed by atoms with Gasteiger partial charge in [0.25, 0.3) is 0 Å². The summed E-state index contributed by atoms with van der Waals surface area (Å²) in [4.78, 5) is 13.5. The van der Waals surface area contributed by atoms with Crippen molar-refractivity contribution >= 4 is 12.0 Å². The molecule has 0 bridgehead atoms. The molecule has 1 saturated heterocycles. The van der Waals surface area contributed by atoms with Crippen molar-refractivity contribution in [2.45, 2.75) is 46.1 Å². The van der Waals surface area contributed by atoms with Crippen LogP contribution in [-0.2, 0) is 9.47 Å². The summed E-state index contributed by atoms with van der Waals surface area (Å²) in [6.07, 6.45) is 1.29. The Kier molecular flexibility index (Phi) is 4.99. The van der Waals surface area contributed by atoms with Gasteiger partial charge in [0.05, 0.1) is 6.61 Å². The summed E-state index contributed by atoms with van der Waals surface area (Å²) in [5.41, 5.74) is -0.452. The molecule has 18 heavy (non-hydrogen) atoms. The predicted octanol–water partition coefficient (Wildman–Crippen LogP) is 2.65. The molecule has 1 amide bonds. The number of piperidine rings is 1. The zero-order valence-electron chi connectivity index (χ0n) is 11.8. The second-order valence-corrected chi connectivity index (χ2v) is 5.54. The van der Waals surface area contributed by atoms with Crippen LogP contribution in [0.15, 0.2) is 0 Å². The summed E-state index contributed by atoms with van der Waals surface area (Å²) >= 11 is 0. The average Bonchev–Trinajstić information content (AvgIpc) is 2.27. The number of carbonyl (C=O) groups is 1. The summed E-state index contributed by atoms with van der Waals surface area (Å²) in [5, 5.41) is 7.74. The average molecular weight is 256 g/mol. The van der Waals surface area contributed by atoms with Crippen LogP contribution < -0.4 is 0 Å². The number of rotatable bonds is 2. The van der Waals surface area contributed by atoms with Crippen LogP contribution in [0.1, 0.15) is 40.5 Å². The first-order chi connectivity index (χ1) is 8.33. The Bertz CT molecular complexity index is 302. The highest BCUT2D eigenvalue weighted by Crippen LogP contribution is 2.20. The van der Waals surface area contributed by atoms with E-state index in [-0.39, 0.29) is 12.0 Å². The van der Waals surface area contributed by atoms with E-state index in [1.807, 2.05) is 27.7 Å². The lowest BCUT2D eigenvalue weighted by atomic mass is 9.97. The van der Waals surface area contributed by atoms with E-state index in [0.717, 1.165) is 12.8 Å². The molecule has 0 aromatic carbocycles. The van der Waals surface area contributed by atoms with Gasteiger partial charge < -0.3 is 14.4 Å². The monoisotopic (exact) mass is 256 g/mol. The van der Waals surface area contributed by atoms with E-state index < -0.39 is 5.60 Å². The SMILES string of the molecule is CCOC(=N)C1CCN(C(=O)OC(C)(C)C)CC1. The third-order valence-corrected chi connectivity index (χ3v) is 2.82. The van der Waals surface area contributed by atoms with Crippen LogP contribution in [0.5, 0.6) is 0 Å². The van der Waals surface area contributed by atoms with Crippen molar-refractivity contribution in [3.63, 3.8) is 0 Å². The standard InChI is InChI=1S/C13H24N2O3/c1-5-17-11(14)10-6-8-15(9-7-10)12(16)18-13(2,3)4/h10,14H,5-9H2,1-4H3. The van der Waals surface area contributed by atoms with E-state index in [9.17, 15) is 4.79 Å². The van der Waals surface area contributed by atoms with E-state index in [4.69, 9.17) is 14.9 Å². The third-order valence-electron chi connectivity index (χ3n) is 2.82. The molecule has 1 aliphatic heterocycles. The molecule has 0 saturated carbocycles. The smallest absolute Gasteiger partial charge is 0.410 e. The first-order valence-corrected chi connectivity index (χ1v) is 6.52. The van der Waals surface area contributed by atoms with E-state index in [0.29, 0.717) is 25.6 Å². The lowest BCUT2D eigenvalue weighted by Gasteiger charge is -2.33.